The SMILES string of the molecule is COC(=O)c1ccc(C(=O)C(C)Cl)cc1C. The van der Waals surface area contributed by atoms with E-state index in [1.807, 2.05) is 0 Å². The van der Waals surface area contributed by atoms with Gasteiger partial charge >= 0.3 is 5.97 Å². The summed E-state index contributed by atoms with van der Waals surface area (Å²) in [5, 5.41) is -0.566. The lowest BCUT2D eigenvalue weighted by Gasteiger charge is -2.07. The summed E-state index contributed by atoms with van der Waals surface area (Å²) in [5.74, 6) is -0.559. The molecule has 1 unspecified atom stereocenters. The van der Waals surface area contributed by atoms with Crippen LogP contribution in [-0.2, 0) is 4.74 Å². The second-order valence-corrected chi connectivity index (χ2v) is 4.16. The van der Waals surface area contributed by atoms with Crippen molar-refractivity contribution >= 4 is 23.4 Å². The third kappa shape index (κ3) is 2.61. The number of halogens is 1. The summed E-state index contributed by atoms with van der Waals surface area (Å²) in [6.07, 6.45) is 0. The maximum absolute atomic E-state index is 11.6. The lowest BCUT2D eigenvalue weighted by Crippen LogP contribution is -2.12. The Labute approximate surface area is 99.4 Å². The topological polar surface area (TPSA) is 43.4 Å². The highest BCUT2D eigenvalue weighted by Gasteiger charge is 2.15. The zero-order chi connectivity index (χ0) is 12.3. The molecule has 0 heterocycles. The molecular formula is C12H13ClO3. The molecule has 0 bridgehead atoms. The van der Waals surface area contributed by atoms with Crippen LogP contribution in [-0.4, -0.2) is 24.2 Å². The zero-order valence-corrected chi connectivity index (χ0v) is 10.2. The van der Waals surface area contributed by atoms with Crippen molar-refractivity contribution in [1.82, 2.24) is 0 Å². The van der Waals surface area contributed by atoms with E-state index in [2.05, 4.69) is 4.74 Å². The Morgan fingerprint density at radius 3 is 2.44 bits per heavy atom. The van der Waals surface area contributed by atoms with Crippen LogP contribution < -0.4 is 0 Å². The van der Waals surface area contributed by atoms with Gasteiger partial charge in [-0.15, -0.1) is 11.6 Å². The number of esters is 1. The number of ketones is 1. The van der Waals surface area contributed by atoms with E-state index in [1.165, 1.54) is 7.11 Å². The summed E-state index contributed by atoms with van der Waals surface area (Å²) in [4.78, 5) is 22.9. The maximum Gasteiger partial charge on any atom is 0.338 e. The number of carbonyl (C=O) groups excluding carboxylic acids is 2. The number of aryl methyl sites for hydroxylation is 1. The molecule has 0 spiro atoms. The lowest BCUT2D eigenvalue weighted by molar-refractivity contribution is 0.0599. The van der Waals surface area contributed by atoms with Gasteiger partial charge in [-0.2, -0.15) is 0 Å². The van der Waals surface area contributed by atoms with E-state index >= 15 is 0 Å². The number of benzene rings is 1. The monoisotopic (exact) mass is 240 g/mol. The second kappa shape index (κ2) is 5.12. The zero-order valence-electron chi connectivity index (χ0n) is 9.41. The van der Waals surface area contributed by atoms with Crippen LogP contribution in [0.4, 0.5) is 0 Å². The van der Waals surface area contributed by atoms with Gasteiger partial charge in [0.1, 0.15) is 0 Å². The van der Waals surface area contributed by atoms with Gasteiger partial charge < -0.3 is 4.74 Å². The molecule has 0 radical (unpaired) electrons. The van der Waals surface area contributed by atoms with E-state index < -0.39 is 11.3 Å². The lowest BCUT2D eigenvalue weighted by atomic mass is 10.0. The largest absolute Gasteiger partial charge is 0.465 e. The van der Waals surface area contributed by atoms with Crippen molar-refractivity contribution in [1.29, 1.82) is 0 Å². The van der Waals surface area contributed by atoms with Crippen LogP contribution >= 0.6 is 11.6 Å². The first-order chi connectivity index (χ1) is 7.47. The molecule has 0 aliphatic rings. The summed E-state index contributed by atoms with van der Waals surface area (Å²) in [5.41, 5.74) is 1.67. The molecule has 1 rings (SSSR count). The Morgan fingerprint density at radius 1 is 1.38 bits per heavy atom. The highest BCUT2D eigenvalue weighted by atomic mass is 35.5. The fraction of sp³-hybridized carbons (Fsp3) is 0.333. The first-order valence-corrected chi connectivity index (χ1v) is 5.28. The number of ether oxygens (including phenoxy) is 1. The summed E-state index contributed by atoms with van der Waals surface area (Å²) < 4.78 is 4.61. The minimum atomic E-state index is -0.566. The number of alkyl halides is 1. The third-order valence-electron chi connectivity index (χ3n) is 2.28. The highest BCUT2D eigenvalue weighted by Crippen LogP contribution is 2.15. The van der Waals surface area contributed by atoms with Crippen molar-refractivity contribution in [2.75, 3.05) is 7.11 Å². The Balaban J connectivity index is 3.09. The summed E-state index contributed by atoms with van der Waals surface area (Å²) >= 11 is 5.70. The number of hydrogen-bond acceptors (Lipinski definition) is 3. The molecule has 0 aliphatic carbocycles. The van der Waals surface area contributed by atoms with Gasteiger partial charge in [-0.05, 0) is 31.5 Å². The molecule has 86 valence electrons. The molecule has 3 nitrogen and oxygen atoms in total. The molecule has 0 N–H and O–H groups in total. The minimum absolute atomic E-state index is 0.152. The standard InChI is InChI=1S/C12H13ClO3/c1-7-6-9(11(14)8(2)13)4-5-10(7)12(15)16-3/h4-6,8H,1-3H3. The summed E-state index contributed by atoms with van der Waals surface area (Å²) in [7, 11) is 1.32. The van der Waals surface area contributed by atoms with Crippen molar-refractivity contribution in [3.05, 3.63) is 34.9 Å². The van der Waals surface area contributed by atoms with Crippen molar-refractivity contribution in [3.8, 4) is 0 Å². The molecular weight excluding hydrogens is 228 g/mol. The van der Waals surface area contributed by atoms with Gasteiger partial charge in [-0.1, -0.05) is 6.07 Å². The van der Waals surface area contributed by atoms with Crippen LogP contribution in [0.25, 0.3) is 0 Å². The van der Waals surface area contributed by atoms with Crippen LogP contribution in [0.2, 0.25) is 0 Å². The van der Waals surface area contributed by atoms with Crippen LogP contribution in [0.1, 0.15) is 33.2 Å². The third-order valence-corrected chi connectivity index (χ3v) is 2.48. The Kier molecular flexibility index (Phi) is 4.07. The van der Waals surface area contributed by atoms with Crippen LogP contribution in [0, 0.1) is 6.92 Å². The van der Waals surface area contributed by atoms with Crippen LogP contribution in [0.5, 0.6) is 0 Å². The molecule has 0 saturated heterocycles. The fourth-order valence-electron chi connectivity index (χ4n) is 1.39. The number of rotatable bonds is 3. The van der Waals surface area contributed by atoms with Gasteiger partial charge in [-0.25, -0.2) is 4.79 Å². The predicted octanol–water partition coefficient (Wildman–Crippen LogP) is 2.59. The Bertz CT molecular complexity index is 424. The van der Waals surface area contributed by atoms with Gasteiger partial charge in [0.15, 0.2) is 5.78 Å². The molecule has 1 aromatic carbocycles. The van der Waals surface area contributed by atoms with E-state index in [4.69, 9.17) is 11.6 Å². The molecule has 0 fully saturated rings. The molecule has 1 atom stereocenters. The quantitative estimate of drug-likeness (QED) is 0.463. The fourth-order valence-corrected chi connectivity index (χ4v) is 1.51. The van der Waals surface area contributed by atoms with E-state index in [0.29, 0.717) is 16.7 Å². The molecule has 0 aromatic heterocycles. The number of hydrogen-bond donors (Lipinski definition) is 0. The molecule has 16 heavy (non-hydrogen) atoms. The van der Waals surface area contributed by atoms with Crippen molar-refractivity contribution in [2.45, 2.75) is 19.2 Å². The number of Topliss-reactive ketones (excluding diaryl/α,β-unsaturated/α-hetero) is 1. The number of carbonyl (C=O) groups is 2. The predicted molar refractivity (Wildman–Crippen MR) is 62.2 cm³/mol. The molecule has 0 saturated carbocycles. The summed E-state index contributed by atoms with van der Waals surface area (Å²) in [6.45, 7) is 3.37. The second-order valence-electron chi connectivity index (χ2n) is 3.50. The smallest absolute Gasteiger partial charge is 0.338 e. The first-order valence-electron chi connectivity index (χ1n) is 4.84. The average molecular weight is 241 g/mol. The van der Waals surface area contributed by atoms with Gasteiger partial charge in [0.2, 0.25) is 0 Å². The molecule has 4 heteroatoms. The Hall–Kier alpha value is -1.35. The van der Waals surface area contributed by atoms with E-state index in [-0.39, 0.29) is 5.78 Å². The van der Waals surface area contributed by atoms with Gasteiger partial charge in [0.25, 0.3) is 0 Å². The highest BCUT2D eigenvalue weighted by molar-refractivity contribution is 6.33. The van der Waals surface area contributed by atoms with Gasteiger partial charge in [0, 0.05) is 5.56 Å². The molecule has 1 aromatic rings. The van der Waals surface area contributed by atoms with E-state index in [0.717, 1.165) is 0 Å². The number of methoxy groups -OCH3 is 1. The van der Waals surface area contributed by atoms with Crippen molar-refractivity contribution in [2.24, 2.45) is 0 Å². The van der Waals surface area contributed by atoms with Crippen LogP contribution in [0.15, 0.2) is 18.2 Å². The van der Waals surface area contributed by atoms with E-state index in [9.17, 15) is 9.59 Å². The Morgan fingerprint density at radius 2 is 2.00 bits per heavy atom. The maximum atomic E-state index is 11.6. The molecule has 0 aliphatic heterocycles. The minimum Gasteiger partial charge on any atom is -0.465 e. The average Bonchev–Trinajstić information content (AvgIpc) is 2.26. The first kappa shape index (κ1) is 12.7. The summed E-state index contributed by atoms with van der Waals surface area (Å²) in [6, 6.07) is 4.81. The van der Waals surface area contributed by atoms with Crippen molar-refractivity contribution < 1.29 is 14.3 Å². The molecule has 0 amide bonds. The van der Waals surface area contributed by atoms with Gasteiger partial charge in [0.05, 0.1) is 18.1 Å². The van der Waals surface area contributed by atoms with Gasteiger partial charge in [-0.3, -0.25) is 4.79 Å². The van der Waals surface area contributed by atoms with E-state index in [1.54, 1.807) is 32.0 Å². The normalized spacial score (nSPS) is 12.0. The van der Waals surface area contributed by atoms with Crippen molar-refractivity contribution in [3.63, 3.8) is 0 Å². The van der Waals surface area contributed by atoms with Crippen LogP contribution in [0.3, 0.4) is 0 Å².